The topological polar surface area (TPSA) is 96.9 Å². The zero-order chi connectivity index (χ0) is 17.7. The summed E-state index contributed by atoms with van der Waals surface area (Å²) in [5, 5.41) is 0.942. The Kier molecular flexibility index (Phi) is 3.33. The second kappa shape index (κ2) is 5.71. The molecular weight excluding hydrogens is 324 g/mol. The molecule has 6 heteroatoms. The van der Waals surface area contributed by atoms with Crippen molar-refractivity contribution in [2.45, 2.75) is 12.5 Å². The number of hydrogen-bond donors (Lipinski definition) is 3. The molecule has 130 valence electrons. The van der Waals surface area contributed by atoms with Gasteiger partial charge in [0.05, 0.1) is 27.8 Å². The summed E-state index contributed by atoms with van der Waals surface area (Å²) in [6, 6.07) is 14.4. The van der Waals surface area contributed by atoms with Crippen LogP contribution in [0.25, 0.3) is 33.3 Å². The summed E-state index contributed by atoms with van der Waals surface area (Å²) in [5.74, 6) is 0.742. The van der Waals surface area contributed by atoms with Crippen LogP contribution in [0.3, 0.4) is 0 Å². The van der Waals surface area contributed by atoms with E-state index in [0.29, 0.717) is 5.69 Å². The lowest BCUT2D eigenvalue weighted by Crippen LogP contribution is -2.26. The van der Waals surface area contributed by atoms with Crippen molar-refractivity contribution in [1.82, 2.24) is 15.0 Å². The van der Waals surface area contributed by atoms with Gasteiger partial charge < -0.3 is 21.4 Å². The zero-order valence-corrected chi connectivity index (χ0v) is 14.3. The zero-order valence-electron chi connectivity index (χ0n) is 14.3. The van der Waals surface area contributed by atoms with E-state index in [0.717, 1.165) is 52.8 Å². The van der Waals surface area contributed by atoms with Crippen LogP contribution in [0.5, 0.6) is 0 Å². The highest BCUT2D eigenvalue weighted by atomic mass is 15.2. The van der Waals surface area contributed by atoms with Gasteiger partial charge in [0.1, 0.15) is 5.82 Å². The monoisotopic (exact) mass is 344 g/mol. The SMILES string of the molecule is Nc1c(-c2nc3ccc(N4CCC(N)C4)cc3[nH]2)cnc2ccccc12. The maximum Gasteiger partial charge on any atom is 0.142 e. The summed E-state index contributed by atoms with van der Waals surface area (Å²) < 4.78 is 0. The average Bonchev–Trinajstić information content (AvgIpc) is 3.27. The summed E-state index contributed by atoms with van der Waals surface area (Å²) in [5.41, 5.74) is 17.9. The quantitative estimate of drug-likeness (QED) is 0.519. The first-order valence-electron chi connectivity index (χ1n) is 8.83. The Morgan fingerprint density at radius 2 is 2.00 bits per heavy atom. The molecule has 0 amide bonds. The normalized spacial score (nSPS) is 17.4. The number of nitrogens with one attached hydrogen (secondary N) is 1. The van der Waals surface area contributed by atoms with Crippen LogP contribution in [0.4, 0.5) is 11.4 Å². The molecule has 5 N–H and O–H groups in total. The molecule has 2 aromatic carbocycles. The van der Waals surface area contributed by atoms with E-state index < -0.39 is 0 Å². The lowest BCUT2D eigenvalue weighted by atomic mass is 10.1. The van der Waals surface area contributed by atoms with Crippen molar-refractivity contribution in [1.29, 1.82) is 0 Å². The molecule has 0 radical (unpaired) electrons. The number of anilines is 2. The number of nitrogens with zero attached hydrogens (tertiary/aromatic N) is 3. The van der Waals surface area contributed by atoms with E-state index in [-0.39, 0.29) is 6.04 Å². The van der Waals surface area contributed by atoms with Gasteiger partial charge in [-0.15, -0.1) is 0 Å². The number of fused-ring (bicyclic) bond motifs is 2. The van der Waals surface area contributed by atoms with Gasteiger partial charge >= 0.3 is 0 Å². The molecule has 6 nitrogen and oxygen atoms in total. The predicted octanol–water partition coefficient (Wildman–Crippen LogP) is 2.90. The smallest absolute Gasteiger partial charge is 0.142 e. The van der Waals surface area contributed by atoms with Gasteiger partial charge in [0, 0.05) is 36.4 Å². The van der Waals surface area contributed by atoms with E-state index in [1.54, 1.807) is 6.20 Å². The Labute approximate surface area is 150 Å². The minimum Gasteiger partial charge on any atom is -0.398 e. The Morgan fingerprint density at radius 3 is 2.85 bits per heavy atom. The number of aromatic amines is 1. The van der Waals surface area contributed by atoms with E-state index in [2.05, 4.69) is 27.0 Å². The predicted molar refractivity (Wildman–Crippen MR) is 106 cm³/mol. The van der Waals surface area contributed by atoms with Crippen LogP contribution in [-0.2, 0) is 0 Å². The summed E-state index contributed by atoms with van der Waals surface area (Å²) in [4.78, 5) is 14.9. The lowest BCUT2D eigenvalue weighted by molar-refractivity contribution is 0.752. The molecule has 1 aliphatic rings. The van der Waals surface area contributed by atoms with Crippen LogP contribution >= 0.6 is 0 Å². The van der Waals surface area contributed by atoms with Gasteiger partial charge in [-0.2, -0.15) is 0 Å². The summed E-state index contributed by atoms with van der Waals surface area (Å²) in [6.45, 7) is 1.89. The number of benzene rings is 2. The molecule has 1 atom stereocenters. The van der Waals surface area contributed by atoms with Gasteiger partial charge in [0.15, 0.2) is 0 Å². The summed E-state index contributed by atoms with van der Waals surface area (Å²) in [6.07, 6.45) is 2.82. The Balaban J connectivity index is 1.59. The standard InChI is InChI=1S/C20H20N6/c21-12-7-8-26(11-12)13-5-6-17-18(9-13)25-20(24-17)15-10-23-16-4-2-1-3-14(16)19(15)22/h1-6,9-10,12H,7-8,11,21H2,(H2,22,23)(H,24,25). The fraction of sp³-hybridized carbons (Fsp3) is 0.200. The molecule has 4 aromatic rings. The second-order valence-electron chi connectivity index (χ2n) is 6.88. The van der Waals surface area contributed by atoms with E-state index in [1.807, 2.05) is 30.3 Å². The fourth-order valence-electron chi connectivity index (χ4n) is 3.70. The maximum atomic E-state index is 6.40. The molecule has 0 spiro atoms. The fourth-order valence-corrected chi connectivity index (χ4v) is 3.70. The van der Waals surface area contributed by atoms with Crippen molar-refractivity contribution in [3.8, 4) is 11.4 Å². The number of nitrogens with two attached hydrogens (primary N) is 2. The molecule has 1 fully saturated rings. The Morgan fingerprint density at radius 1 is 1.12 bits per heavy atom. The molecule has 1 aliphatic heterocycles. The van der Waals surface area contributed by atoms with Crippen molar-refractivity contribution in [2.75, 3.05) is 23.7 Å². The minimum absolute atomic E-state index is 0.256. The third kappa shape index (κ3) is 2.38. The van der Waals surface area contributed by atoms with Gasteiger partial charge in [-0.1, -0.05) is 18.2 Å². The number of nitrogen functional groups attached to an aromatic ring is 1. The van der Waals surface area contributed by atoms with Crippen molar-refractivity contribution in [3.05, 3.63) is 48.7 Å². The first-order valence-corrected chi connectivity index (χ1v) is 8.83. The Hall–Kier alpha value is -3.12. The van der Waals surface area contributed by atoms with Crippen LogP contribution in [0, 0.1) is 0 Å². The maximum absolute atomic E-state index is 6.40. The lowest BCUT2D eigenvalue weighted by Gasteiger charge is -2.17. The van der Waals surface area contributed by atoms with Gasteiger partial charge in [-0.25, -0.2) is 4.98 Å². The van der Waals surface area contributed by atoms with Gasteiger partial charge in [-0.05, 0) is 30.7 Å². The first-order chi connectivity index (χ1) is 12.7. The number of aromatic nitrogens is 3. The number of hydrogen-bond acceptors (Lipinski definition) is 5. The highest BCUT2D eigenvalue weighted by molar-refractivity contribution is 5.97. The van der Waals surface area contributed by atoms with Crippen LogP contribution in [0.15, 0.2) is 48.7 Å². The molecule has 3 heterocycles. The highest BCUT2D eigenvalue weighted by Crippen LogP contribution is 2.31. The van der Waals surface area contributed by atoms with Crippen molar-refractivity contribution in [2.24, 2.45) is 5.73 Å². The van der Waals surface area contributed by atoms with Gasteiger partial charge in [0.25, 0.3) is 0 Å². The summed E-state index contributed by atoms with van der Waals surface area (Å²) in [7, 11) is 0. The average molecular weight is 344 g/mol. The molecule has 1 unspecified atom stereocenters. The number of para-hydroxylation sites is 1. The molecule has 26 heavy (non-hydrogen) atoms. The third-order valence-electron chi connectivity index (χ3n) is 5.13. The molecule has 0 saturated carbocycles. The van der Waals surface area contributed by atoms with Crippen molar-refractivity contribution in [3.63, 3.8) is 0 Å². The molecule has 1 saturated heterocycles. The molecule has 5 rings (SSSR count). The number of pyridine rings is 1. The molecule has 0 bridgehead atoms. The first kappa shape index (κ1) is 15.2. The molecule has 2 aromatic heterocycles. The number of imidazole rings is 1. The Bertz CT molecular complexity index is 1120. The van der Waals surface area contributed by atoms with Gasteiger partial charge in [0.2, 0.25) is 0 Å². The van der Waals surface area contributed by atoms with Crippen molar-refractivity contribution < 1.29 is 0 Å². The van der Waals surface area contributed by atoms with Crippen LogP contribution in [0.2, 0.25) is 0 Å². The van der Waals surface area contributed by atoms with Crippen LogP contribution < -0.4 is 16.4 Å². The van der Waals surface area contributed by atoms with Crippen LogP contribution in [0.1, 0.15) is 6.42 Å². The molecule has 0 aliphatic carbocycles. The van der Waals surface area contributed by atoms with E-state index in [1.165, 1.54) is 5.69 Å². The molecular formula is C20H20N6. The van der Waals surface area contributed by atoms with Gasteiger partial charge in [-0.3, -0.25) is 4.98 Å². The number of rotatable bonds is 2. The van der Waals surface area contributed by atoms with E-state index >= 15 is 0 Å². The highest BCUT2D eigenvalue weighted by Gasteiger charge is 2.20. The van der Waals surface area contributed by atoms with Crippen molar-refractivity contribution >= 4 is 33.3 Å². The largest absolute Gasteiger partial charge is 0.398 e. The second-order valence-corrected chi connectivity index (χ2v) is 6.88. The minimum atomic E-state index is 0.256. The van der Waals surface area contributed by atoms with E-state index in [4.69, 9.17) is 16.5 Å². The number of H-pyrrole nitrogens is 1. The van der Waals surface area contributed by atoms with Crippen LogP contribution in [-0.4, -0.2) is 34.1 Å². The summed E-state index contributed by atoms with van der Waals surface area (Å²) >= 11 is 0. The van der Waals surface area contributed by atoms with E-state index in [9.17, 15) is 0 Å². The third-order valence-corrected chi connectivity index (χ3v) is 5.13.